The van der Waals surface area contributed by atoms with Crippen LogP contribution in [0, 0.1) is 30.9 Å². The van der Waals surface area contributed by atoms with E-state index in [1.807, 2.05) is 20.8 Å². The summed E-state index contributed by atoms with van der Waals surface area (Å²) in [5.41, 5.74) is 2.88. The highest BCUT2D eigenvalue weighted by Gasteiger charge is 2.18. The Hall–Kier alpha value is -3.82. The van der Waals surface area contributed by atoms with Crippen LogP contribution in [0.3, 0.4) is 0 Å². The summed E-state index contributed by atoms with van der Waals surface area (Å²) in [4.78, 5) is 22.6. The summed E-state index contributed by atoms with van der Waals surface area (Å²) in [5, 5.41) is 29.5. The maximum absolute atomic E-state index is 12.2. The number of rotatable bonds is 7. The molecule has 0 bridgehead atoms. The number of benzene rings is 1. The number of anilines is 1. The van der Waals surface area contributed by atoms with E-state index in [1.165, 1.54) is 18.2 Å². The predicted octanol–water partition coefficient (Wildman–Crippen LogP) is 2.34. The molecule has 0 unspecified atom stereocenters. The van der Waals surface area contributed by atoms with Crippen molar-refractivity contribution < 1.29 is 9.72 Å². The molecule has 2 aromatic heterocycles. The molecule has 10 nitrogen and oxygen atoms in total. The Morgan fingerprint density at radius 3 is 2.48 bits per heavy atom. The third-order valence-electron chi connectivity index (χ3n) is 4.58. The van der Waals surface area contributed by atoms with Crippen LogP contribution in [-0.2, 0) is 0 Å². The summed E-state index contributed by atoms with van der Waals surface area (Å²) < 4.78 is 1.74. The average Bonchev–Trinajstić information content (AvgIpc) is 2.98. The summed E-state index contributed by atoms with van der Waals surface area (Å²) in [5.74, 6) is 0.668. The van der Waals surface area contributed by atoms with Gasteiger partial charge in [0.2, 0.25) is 0 Å². The van der Waals surface area contributed by atoms with Gasteiger partial charge in [0, 0.05) is 24.8 Å². The molecule has 0 atom stereocenters. The minimum Gasteiger partial charge on any atom is -0.367 e. The number of nitrogens with one attached hydrogen (secondary N) is 2. The van der Waals surface area contributed by atoms with E-state index in [0.717, 1.165) is 17.0 Å². The molecular weight excluding hydrogens is 374 g/mol. The number of hydrogen-bond acceptors (Lipinski definition) is 7. The van der Waals surface area contributed by atoms with E-state index in [-0.39, 0.29) is 17.8 Å². The topological polar surface area (TPSA) is 128 Å². The highest BCUT2D eigenvalue weighted by Crippen LogP contribution is 2.17. The summed E-state index contributed by atoms with van der Waals surface area (Å²) >= 11 is 0. The van der Waals surface area contributed by atoms with Crippen LogP contribution in [0.4, 0.5) is 11.5 Å². The van der Waals surface area contributed by atoms with Gasteiger partial charge in [0.15, 0.2) is 5.82 Å². The lowest BCUT2D eigenvalue weighted by Crippen LogP contribution is -2.29. The van der Waals surface area contributed by atoms with E-state index in [0.29, 0.717) is 18.2 Å². The lowest BCUT2D eigenvalue weighted by molar-refractivity contribution is -0.385. The molecule has 0 aliphatic heterocycles. The number of carbonyl (C=O) groups is 1. The Labute approximate surface area is 167 Å². The normalized spacial score (nSPS) is 10.6. The Bertz CT molecular complexity index is 1040. The third-order valence-corrected chi connectivity index (χ3v) is 4.58. The number of nitro benzene ring substituents is 1. The van der Waals surface area contributed by atoms with Crippen LogP contribution < -0.4 is 10.6 Å². The Balaban J connectivity index is 1.54. The zero-order valence-electron chi connectivity index (χ0n) is 16.3. The number of aromatic nitrogens is 4. The average molecular weight is 395 g/mol. The lowest BCUT2D eigenvalue weighted by Gasteiger charge is -2.08. The SMILES string of the molecule is Cc1nn(-c2ccc(NCCNC(=O)c3ccccc3[N+](=O)[O-])nn2)c(C)c1C. The lowest BCUT2D eigenvalue weighted by atomic mass is 10.1. The van der Waals surface area contributed by atoms with Crippen molar-refractivity contribution in [1.29, 1.82) is 0 Å². The summed E-state index contributed by atoms with van der Waals surface area (Å²) in [6.45, 7) is 6.59. The van der Waals surface area contributed by atoms with Gasteiger partial charge in [-0.3, -0.25) is 14.9 Å². The molecule has 1 aromatic carbocycles. The summed E-state index contributed by atoms with van der Waals surface area (Å²) in [7, 11) is 0. The van der Waals surface area contributed by atoms with Crippen molar-refractivity contribution in [2.75, 3.05) is 18.4 Å². The fourth-order valence-corrected chi connectivity index (χ4v) is 2.76. The fourth-order valence-electron chi connectivity index (χ4n) is 2.76. The molecule has 0 aliphatic rings. The quantitative estimate of drug-likeness (QED) is 0.357. The molecule has 1 amide bonds. The maximum Gasteiger partial charge on any atom is 0.282 e. The molecule has 2 N–H and O–H groups in total. The minimum absolute atomic E-state index is 0.0295. The highest BCUT2D eigenvalue weighted by molar-refractivity contribution is 5.98. The first-order chi connectivity index (χ1) is 13.9. The minimum atomic E-state index is -0.575. The van der Waals surface area contributed by atoms with E-state index in [1.54, 1.807) is 22.9 Å². The van der Waals surface area contributed by atoms with Crippen molar-refractivity contribution >= 4 is 17.4 Å². The highest BCUT2D eigenvalue weighted by atomic mass is 16.6. The fraction of sp³-hybridized carbons (Fsp3) is 0.263. The molecule has 0 aliphatic carbocycles. The van der Waals surface area contributed by atoms with Crippen LogP contribution in [0.1, 0.15) is 27.3 Å². The van der Waals surface area contributed by atoms with Crippen molar-refractivity contribution in [2.45, 2.75) is 20.8 Å². The first kappa shape index (κ1) is 19.9. The van der Waals surface area contributed by atoms with Gasteiger partial charge in [0.05, 0.1) is 10.6 Å². The third kappa shape index (κ3) is 4.37. The van der Waals surface area contributed by atoms with Gasteiger partial charge in [-0.15, -0.1) is 10.2 Å². The number of aryl methyl sites for hydroxylation is 1. The number of amides is 1. The van der Waals surface area contributed by atoms with E-state index >= 15 is 0 Å². The molecule has 3 aromatic rings. The van der Waals surface area contributed by atoms with E-state index < -0.39 is 10.8 Å². The Kier molecular flexibility index (Phi) is 5.82. The van der Waals surface area contributed by atoms with E-state index in [9.17, 15) is 14.9 Å². The second-order valence-electron chi connectivity index (χ2n) is 6.44. The van der Waals surface area contributed by atoms with Crippen LogP contribution >= 0.6 is 0 Å². The second-order valence-corrected chi connectivity index (χ2v) is 6.44. The molecule has 150 valence electrons. The van der Waals surface area contributed by atoms with Gasteiger partial charge in [0.25, 0.3) is 11.6 Å². The van der Waals surface area contributed by atoms with Crippen LogP contribution in [0.25, 0.3) is 5.82 Å². The van der Waals surface area contributed by atoms with Gasteiger partial charge in [-0.05, 0) is 44.5 Å². The van der Waals surface area contributed by atoms with Gasteiger partial charge in [-0.1, -0.05) is 12.1 Å². The smallest absolute Gasteiger partial charge is 0.282 e. The summed E-state index contributed by atoms with van der Waals surface area (Å²) in [6, 6.07) is 9.41. The second kappa shape index (κ2) is 8.46. The van der Waals surface area contributed by atoms with Crippen molar-refractivity contribution in [2.24, 2.45) is 0 Å². The van der Waals surface area contributed by atoms with Gasteiger partial charge in [-0.25, -0.2) is 4.68 Å². The van der Waals surface area contributed by atoms with Crippen molar-refractivity contribution in [3.63, 3.8) is 0 Å². The van der Waals surface area contributed by atoms with Crippen LogP contribution in [0.15, 0.2) is 36.4 Å². The number of nitro groups is 1. The predicted molar refractivity (Wildman–Crippen MR) is 107 cm³/mol. The molecule has 10 heteroatoms. The Morgan fingerprint density at radius 1 is 1.10 bits per heavy atom. The van der Waals surface area contributed by atoms with Crippen LogP contribution in [0.2, 0.25) is 0 Å². The number of carbonyl (C=O) groups excluding carboxylic acids is 1. The van der Waals surface area contributed by atoms with E-state index in [4.69, 9.17) is 0 Å². The zero-order chi connectivity index (χ0) is 21.0. The molecule has 3 rings (SSSR count). The van der Waals surface area contributed by atoms with Crippen LogP contribution in [0.5, 0.6) is 0 Å². The molecule has 0 spiro atoms. The monoisotopic (exact) mass is 395 g/mol. The van der Waals surface area contributed by atoms with E-state index in [2.05, 4.69) is 25.9 Å². The molecule has 0 radical (unpaired) electrons. The standard InChI is InChI=1S/C19H21N7O3/c1-12-13(2)24-25(14(12)3)18-9-8-17(22-23-18)20-10-11-21-19(27)15-6-4-5-7-16(15)26(28)29/h4-9H,10-11H2,1-3H3,(H,20,22)(H,21,27). The molecule has 0 saturated carbocycles. The molecule has 29 heavy (non-hydrogen) atoms. The molecule has 0 fully saturated rings. The number of nitrogens with zero attached hydrogens (tertiary/aromatic N) is 5. The Morgan fingerprint density at radius 2 is 1.86 bits per heavy atom. The van der Waals surface area contributed by atoms with Gasteiger partial charge in [0.1, 0.15) is 11.4 Å². The maximum atomic E-state index is 12.2. The first-order valence-electron chi connectivity index (χ1n) is 9.01. The summed E-state index contributed by atoms with van der Waals surface area (Å²) in [6.07, 6.45) is 0. The van der Waals surface area contributed by atoms with Gasteiger partial charge >= 0.3 is 0 Å². The first-order valence-corrected chi connectivity index (χ1v) is 9.01. The largest absolute Gasteiger partial charge is 0.367 e. The van der Waals surface area contributed by atoms with Crippen molar-refractivity contribution in [3.8, 4) is 5.82 Å². The number of hydrogen-bond donors (Lipinski definition) is 2. The van der Waals surface area contributed by atoms with Crippen molar-refractivity contribution in [3.05, 3.63) is 69.0 Å². The molecule has 0 saturated heterocycles. The zero-order valence-corrected chi connectivity index (χ0v) is 16.3. The van der Waals surface area contributed by atoms with Crippen molar-refractivity contribution in [1.82, 2.24) is 25.3 Å². The van der Waals surface area contributed by atoms with Gasteiger partial charge in [-0.2, -0.15) is 5.10 Å². The molecule has 2 heterocycles. The van der Waals surface area contributed by atoms with Gasteiger partial charge < -0.3 is 10.6 Å². The van der Waals surface area contributed by atoms with Crippen LogP contribution in [-0.4, -0.2) is 43.9 Å². The molecular formula is C19H21N7O3. The number of para-hydroxylation sites is 1.